The van der Waals surface area contributed by atoms with Crippen molar-refractivity contribution in [1.29, 1.82) is 0 Å². The van der Waals surface area contributed by atoms with E-state index in [2.05, 4.69) is 10.1 Å². The fourth-order valence-electron chi connectivity index (χ4n) is 1.29. The Morgan fingerprint density at radius 2 is 2.18 bits per heavy atom. The third-order valence-electron chi connectivity index (χ3n) is 2.11. The Labute approximate surface area is 97.8 Å². The highest BCUT2D eigenvalue weighted by atomic mass is 19.2. The van der Waals surface area contributed by atoms with Crippen LogP contribution in [0.1, 0.15) is 12.5 Å². The molecule has 0 radical (unpaired) electrons. The largest absolute Gasteiger partial charge is 0.465 e. The van der Waals surface area contributed by atoms with Crippen LogP contribution in [0.25, 0.3) is 0 Å². The van der Waals surface area contributed by atoms with E-state index in [0.717, 1.165) is 6.07 Å². The summed E-state index contributed by atoms with van der Waals surface area (Å²) in [7, 11) is 0. The van der Waals surface area contributed by atoms with E-state index in [1.807, 2.05) is 0 Å². The van der Waals surface area contributed by atoms with E-state index in [-0.39, 0.29) is 30.9 Å². The predicted molar refractivity (Wildman–Crippen MR) is 59.1 cm³/mol. The molecule has 1 rings (SSSR count). The number of halogens is 2. The first kappa shape index (κ1) is 13.4. The van der Waals surface area contributed by atoms with Crippen LogP contribution in [0.3, 0.4) is 0 Å². The molecule has 0 aliphatic carbocycles. The van der Waals surface area contributed by atoms with E-state index in [0.29, 0.717) is 0 Å². The summed E-state index contributed by atoms with van der Waals surface area (Å²) in [5.41, 5.74) is 5.65. The third-order valence-corrected chi connectivity index (χ3v) is 2.11. The van der Waals surface area contributed by atoms with Crippen LogP contribution in [-0.4, -0.2) is 19.1 Å². The van der Waals surface area contributed by atoms with E-state index >= 15 is 0 Å². The predicted octanol–water partition coefficient (Wildman–Crippen LogP) is 1.20. The number of ether oxygens (including phenoxy) is 1. The zero-order valence-electron chi connectivity index (χ0n) is 9.43. The van der Waals surface area contributed by atoms with Crippen LogP contribution in [0.4, 0.5) is 14.5 Å². The van der Waals surface area contributed by atoms with Crippen LogP contribution in [0.5, 0.6) is 0 Å². The Balaban J connectivity index is 2.58. The van der Waals surface area contributed by atoms with Gasteiger partial charge in [0, 0.05) is 17.8 Å². The first-order valence-electron chi connectivity index (χ1n) is 5.15. The normalized spacial score (nSPS) is 10.3. The van der Waals surface area contributed by atoms with Crippen LogP contribution in [0.15, 0.2) is 12.1 Å². The molecule has 0 aliphatic heterocycles. The first-order chi connectivity index (χ1) is 8.06. The number of benzene rings is 1. The van der Waals surface area contributed by atoms with E-state index in [1.54, 1.807) is 6.92 Å². The average molecular weight is 244 g/mol. The number of anilines is 1. The highest BCUT2D eigenvalue weighted by molar-refractivity contribution is 5.71. The summed E-state index contributed by atoms with van der Waals surface area (Å²) in [6.45, 7) is 1.84. The highest BCUT2D eigenvalue weighted by Gasteiger charge is 2.12. The van der Waals surface area contributed by atoms with Crippen molar-refractivity contribution in [2.24, 2.45) is 0 Å². The third kappa shape index (κ3) is 3.67. The van der Waals surface area contributed by atoms with Gasteiger partial charge in [-0.05, 0) is 19.1 Å². The maximum Gasteiger partial charge on any atom is 0.319 e. The molecule has 3 N–H and O–H groups in total. The van der Waals surface area contributed by atoms with Gasteiger partial charge >= 0.3 is 5.97 Å². The molecule has 4 nitrogen and oxygen atoms in total. The smallest absolute Gasteiger partial charge is 0.319 e. The molecule has 94 valence electrons. The van der Waals surface area contributed by atoms with Crippen molar-refractivity contribution in [1.82, 2.24) is 5.32 Å². The topological polar surface area (TPSA) is 64.3 Å². The van der Waals surface area contributed by atoms with Crippen LogP contribution >= 0.6 is 0 Å². The van der Waals surface area contributed by atoms with Gasteiger partial charge in [-0.3, -0.25) is 4.79 Å². The van der Waals surface area contributed by atoms with Gasteiger partial charge in [-0.15, -0.1) is 0 Å². The molecule has 0 unspecified atom stereocenters. The molecule has 1 aromatic rings. The Morgan fingerprint density at radius 1 is 1.47 bits per heavy atom. The summed E-state index contributed by atoms with van der Waals surface area (Å²) < 4.78 is 30.9. The zero-order valence-corrected chi connectivity index (χ0v) is 9.43. The Bertz CT molecular complexity index is 411. The van der Waals surface area contributed by atoms with Crippen LogP contribution in [-0.2, 0) is 16.1 Å². The fourth-order valence-corrected chi connectivity index (χ4v) is 1.29. The summed E-state index contributed by atoms with van der Waals surface area (Å²) in [5.74, 6) is -2.42. The van der Waals surface area contributed by atoms with Crippen molar-refractivity contribution >= 4 is 11.7 Å². The number of nitrogens with two attached hydrogens (primary N) is 1. The molecule has 0 bridgehead atoms. The second-order valence-electron chi connectivity index (χ2n) is 3.34. The lowest BCUT2D eigenvalue weighted by Gasteiger charge is -2.09. The van der Waals surface area contributed by atoms with Crippen LogP contribution in [0, 0.1) is 11.6 Å². The summed E-state index contributed by atoms with van der Waals surface area (Å²) >= 11 is 0. The van der Waals surface area contributed by atoms with Crippen molar-refractivity contribution in [2.75, 3.05) is 18.9 Å². The van der Waals surface area contributed by atoms with Gasteiger partial charge in [-0.1, -0.05) is 0 Å². The monoisotopic (exact) mass is 244 g/mol. The van der Waals surface area contributed by atoms with Gasteiger partial charge in [-0.25, -0.2) is 8.78 Å². The van der Waals surface area contributed by atoms with Gasteiger partial charge in [0.15, 0.2) is 11.6 Å². The average Bonchev–Trinajstić information content (AvgIpc) is 2.29. The molecule has 0 amide bonds. The van der Waals surface area contributed by atoms with E-state index in [4.69, 9.17) is 5.73 Å². The molecule has 0 saturated heterocycles. The summed E-state index contributed by atoms with van der Waals surface area (Å²) in [4.78, 5) is 11.0. The van der Waals surface area contributed by atoms with Crippen LogP contribution < -0.4 is 11.1 Å². The van der Waals surface area contributed by atoms with Crippen molar-refractivity contribution in [3.8, 4) is 0 Å². The molecule has 17 heavy (non-hydrogen) atoms. The van der Waals surface area contributed by atoms with Crippen LogP contribution in [0.2, 0.25) is 0 Å². The van der Waals surface area contributed by atoms with Gasteiger partial charge in [-0.2, -0.15) is 0 Å². The van der Waals surface area contributed by atoms with Gasteiger partial charge < -0.3 is 15.8 Å². The van der Waals surface area contributed by atoms with Gasteiger partial charge in [0.05, 0.1) is 13.2 Å². The minimum absolute atomic E-state index is 0.00861. The van der Waals surface area contributed by atoms with E-state index in [9.17, 15) is 13.6 Å². The summed E-state index contributed by atoms with van der Waals surface area (Å²) in [6, 6.07) is 2.24. The molecule has 0 saturated carbocycles. The van der Waals surface area contributed by atoms with E-state index < -0.39 is 17.6 Å². The lowest BCUT2D eigenvalue weighted by molar-refractivity contribution is -0.142. The van der Waals surface area contributed by atoms with Crippen molar-refractivity contribution in [2.45, 2.75) is 13.5 Å². The number of esters is 1. The number of hydrogen-bond acceptors (Lipinski definition) is 4. The summed E-state index contributed by atoms with van der Waals surface area (Å²) in [5, 5.41) is 2.63. The minimum atomic E-state index is -0.999. The standard InChI is InChI=1S/C11H14F2N2O2/c1-2-17-10(16)6-15-5-7-9(14)4-3-8(12)11(7)13/h3-4,15H,2,5-6,14H2,1H3. The molecule has 0 aliphatic rings. The number of rotatable bonds is 5. The molecule has 6 heteroatoms. The number of nitrogens with one attached hydrogen (secondary N) is 1. The maximum absolute atomic E-state index is 13.3. The molecular weight excluding hydrogens is 230 g/mol. The second-order valence-corrected chi connectivity index (χ2v) is 3.34. The van der Waals surface area contributed by atoms with Crippen molar-refractivity contribution in [3.05, 3.63) is 29.3 Å². The number of nitrogen functional groups attached to an aromatic ring is 1. The second kappa shape index (κ2) is 6.15. The fraction of sp³-hybridized carbons (Fsp3) is 0.364. The molecule has 0 atom stereocenters. The first-order valence-corrected chi connectivity index (χ1v) is 5.15. The number of carbonyl (C=O) groups is 1. The van der Waals surface area contributed by atoms with Gasteiger partial charge in [0.2, 0.25) is 0 Å². The molecule has 0 aromatic heterocycles. The Kier molecular flexibility index (Phi) is 4.84. The summed E-state index contributed by atoms with van der Waals surface area (Å²) in [6.07, 6.45) is 0. The highest BCUT2D eigenvalue weighted by Crippen LogP contribution is 2.18. The molecular formula is C11H14F2N2O2. The van der Waals surface area contributed by atoms with Gasteiger partial charge in [0.1, 0.15) is 0 Å². The lowest BCUT2D eigenvalue weighted by atomic mass is 10.1. The lowest BCUT2D eigenvalue weighted by Crippen LogP contribution is -2.25. The van der Waals surface area contributed by atoms with Crippen molar-refractivity contribution in [3.63, 3.8) is 0 Å². The zero-order chi connectivity index (χ0) is 12.8. The van der Waals surface area contributed by atoms with Crippen molar-refractivity contribution < 1.29 is 18.3 Å². The molecule has 1 aromatic carbocycles. The Hall–Kier alpha value is -1.69. The molecule has 0 spiro atoms. The van der Waals surface area contributed by atoms with Gasteiger partial charge in [0.25, 0.3) is 0 Å². The number of carbonyl (C=O) groups excluding carboxylic acids is 1. The van der Waals surface area contributed by atoms with E-state index in [1.165, 1.54) is 6.07 Å². The Morgan fingerprint density at radius 3 is 2.82 bits per heavy atom. The SMILES string of the molecule is CCOC(=O)CNCc1c(N)ccc(F)c1F. The molecule has 0 heterocycles. The minimum Gasteiger partial charge on any atom is -0.465 e. The quantitative estimate of drug-likeness (QED) is 0.603. The maximum atomic E-state index is 13.3. The number of hydrogen-bond donors (Lipinski definition) is 2. The molecule has 0 fully saturated rings.